The number of piperidine rings is 1. The molecule has 0 radical (unpaired) electrons. The van der Waals surface area contributed by atoms with Gasteiger partial charge in [-0.1, -0.05) is 6.92 Å². The van der Waals surface area contributed by atoms with Crippen molar-refractivity contribution in [3.8, 4) is 0 Å². The van der Waals surface area contributed by atoms with E-state index in [4.69, 9.17) is 5.73 Å². The van der Waals surface area contributed by atoms with E-state index in [9.17, 15) is 0 Å². The van der Waals surface area contributed by atoms with Crippen molar-refractivity contribution in [1.82, 2.24) is 10.2 Å². The largest absolute Gasteiger partial charge is 0.370 e. The highest BCUT2D eigenvalue weighted by Crippen LogP contribution is 2.16. The summed E-state index contributed by atoms with van der Waals surface area (Å²) in [7, 11) is 0. The standard InChI is InChI=1S/C15H32N4.HI/c1-13-7-11-19(12-8-13)10-6-5-9-17-14(16)18-15(2,3)4;/h13H,5-12H2,1-4H3,(H3,16,17,18);1H. The number of aliphatic imine (C=N–C) groups is 1. The summed E-state index contributed by atoms with van der Waals surface area (Å²) in [6, 6.07) is 0. The van der Waals surface area contributed by atoms with E-state index in [1.807, 2.05) is 0 Å². The number of hydrogen-bond acceptors (Lipinski definition) is 2. The minimum atomic E-state index is -0.00191. The molecule has 1 heterocycles. The summed E-state index contributed by atoms with van der Waals surface area (Å²) in [6.45, 7) is 13.2. The van der Waals surface area contributed by atoms with Crippen molar-refractivity contribution in [2.24, 2.45) is 16.6 Å². The quantitative estimate of drug-likeness (QED) is 0.325. The average Bonchev–Trinajstić information content (AvgIpc) is 2.29. The molecule has 4 nitrogen and oxygen atoms in total. The zero-order chi connectivity index (χ0) is 14.3. The third kappa shape index (κ3) is 9.80. The van der Waals surface area contributed by atoms with Gasteiger partial charge in [-0.05, 0) is 72.0 Å². The first-order chi connectivity index (χ1) is 8.87. The highest BCUT2D eigenvalue weighted by molar-refractivity contribution is 14.0. The first-order valence-electron chi connectivity index (χ1n) is 7.67. The molecule has 1 saturated heterocycles. The van der Waals surface area contributed by atoms with Gasteiger partial charge in [0.2, 0.25) is 0 Å². The Balaban J connectivity index is 0.00000361. The van der Waals surface area contributed by atoms with Crippen LogP contribution in [0.4, 0.5) is 0 Å². The topological polar surface area (TPSA) is 53.6 Å². The Morgan fingerprint density at radius 3 is 2.40 bits per heavy atom. The van der Waals surface area contributed by atoms with E-state index in [1.54, 1.807) is 0 Å². The first-order valence-corrected chi connectivity index (χ1v) is 7.67. The van der Waals surface area contributed by atoms with Gasteiger partial charge in [-0.25, -0.2) is 0 Å². The smallest absolute Gasteiger partial charge is 0.188 e. The number of guanidine groups is 1. The molecule has 0 bridgehead atoms. The molecule has 20 heavy (non-hydrogen) atoms. The minimum absolute atomic E-state index is 0. The zero-order valence-electron chi connectivity index (χ0n) is 13.6. The van der Waals surface area contributed by atoms with Crippen molar-refractivity contribution in [3.63, 3.8) is 0 Å². The summed E-state index contributed by atoms with van der Waals surface area (Å²) in [5.74, 6) is 1.49. The summed E-state index contributed by atoms with van der Waals surface area (Å²) >= 11 is 0. The maximum atomic E-state index is 5.83. The minimum Gasteiger partial charge on any atom is -0.370 e. The summed E-state index contributed by atoms with van der Waals surface area (Å²) in [5.41, 5.74) is 5.83. The number of nitrogens with zero attached hydrogens (tertiary/aromatic N) is 2. The maximum absolute atomic E-state index is 5.83. The van der Waals surface area contributed by atoms with E-state index >= 15 is 0 Å². The fraction of sp³-hybridized carbons (Fsp3) is 0.933. The van der Waals surface area contributed by atoms with Gasteiger partial charge in [0.05, 0.1) is 0 Å². The summed E-state index contributed by atoms with van der Waals surface area (Å²) in [4.78, 5) is 6.95. The molecule has 0 aliphatic carbocycles. The van der Waals surface area contributed by atoms with Gasteiger partial charge in [0.1, 0.15) is 0 Å². The number of nitrogens with one attached hydrogen (secondary N) is 1. The van der Waals surface area contributed by atoms with Gasteiger partial charge >= 0.3 is 0 Å². The molecule has 1 aliphatic rings. The fourth-order valence-corrected chi connectivity index (χ4v) is 2.36. The lowest BCUT2D eigenvalue weighted by molar-refractivity contribution is 0.190. The Hall–Kier alpha value is -0.0400. The Bertz CT molecular complexity index is 278. The van der Waals surface area contributed by atoms with Crippen LogP contribution < -0.4 is 11.1 Å². The van der Waals surface area contributed by atoms with Gasteiger partial charge in [-0.15, -0.1) is 24.0 Å². The summed E-state index contributed by atoms with van der Waals surface area (Å²) < 4.78 is 0. The second kappa shape index (κ2) is 9.82. The van der Waals surface area contributed by atoms with Gasteiger partial charge in [0.15, 0.2) is 5.96 Å². The third-order valence-electron chi connectivity index (χ3n) is 3.54. The molecule has 1 fully saturated rings. The van der Waals surface area contributed by atoms with Crippen LogP contribution in [-0.2, 0) is 0 Å². The second-order valence-corrected chi connectivity index (χ2v) is 6.87. The molecule has 0 atom stereocenters. The SMILES string of the molecule is CC1CCN(CCCCN=C(N)NC(C)(C)C)CC1.I. The van der Waals surface area contributed by atoms with E-state index in [0.717, 1.165) is 18.9 Å². The first kappa shape index (κ1) is 20.0. The summed E-state index contributed by atoms with van der Waals surface area (Å²) in [6.07, 6.45) is 5.07. The van der Waals surface area contributed by atoms with Crippen molar-refractivity contribution in [3.05, 3.63) is 0 Å². The van der Waals surface area contributed by atoms with Crippen LogP contribution in [0.1, 0.15) is 53.4 Å². The fourth-order valence-electron chi connectivity index (χ4n) is 2.36. The number of hydrogen-bond donors (Lipinski definition) is 2. The highest BCUT2D eigenvalue weighted by Gasteiger charge is 2.14. The summed E-state index contributed by atoms with van der Waals surface area (Å²) in [5, 5.41) is 3.18. The Kier molecular flexibility index (Phi) is 9.80. The number of halogens is 1. The van der Waals surface area contributed by atoms with Crippen LogP contribution in [0.2, 0.25) is 0 Å². The molecule has 120 valence electrons. The lowest BCUT2D eigenvalue weighted by atomic mass is 9.99. The van der Waals surface area contributed by atoms with Crippen LogP contribution >= 0.6 is 24.0 Å². The predicted octanol–water partition coefficient (Wildman–Crippen LogP) is 2.82. The van der Waals surface area contributed by atoms with Crippen LogP contribution in [0, 0.1) is 5.92 Å². The second-order valence-electron chi connectivity index (χ2n) is 6.87. The van der Waals surface area contributed by atoms with Crippen molar-refractivity contribution in [1.29, 1.82) is 0 Å². The molecule has 0 aromatic heterocycles. The molecular weight excluding hydrogens is 363 g/mol. The molecule has 5 heteroatoms. The average molecular weight is 396 g/mol. The number of nitrogens with two attached hydrogens (primary N) is 1. The van der Waals surface area contributed by atoms with Gasteiger partial charge in [-0.2, -0.15) is 0 Å². The molecule has 0 aromatic carbocycles. The monoisotopic (exact) mass is 396 g/mol. The molecule has 0 aromatic rings. The van der Waals surface area contributed by atoms with Crippen molar-refractivity contribution >= 4 is 29.9 Å². The van der Waals surface area contributed by atoms with Crippen LogP contribution in [0.3, 0.4) is 0 Å². The molecule has 0 spiro atoms. The molecule has 1 rings (SSSR count). The van der Waals surface area contributed by atoms with E-state index in [2.05, 4.69) is 42.9 Å². The molecule has 0 saturated carbocycles. The van der Waals surface area contributed by atoms with Gasteiger partial charge in [0.25, 0.3) is 0 Å². The zero-order valence-corrected chi connectivity index (χ0v) is 15.9. The Morgan fingerprint density at radius 1 is 1.25 bits per heavy atom. The molecule has 1 aliphatic heterocycles. The highest BCUT2D eigenvalue weighted by atomic mass is 127. The Labute approximate surface area is 142 Å². The molecular formula is C15H33IN4. The molecule has 0 amide bonds. The number of unbranched alkanes of at least 4 members (excludes halogenated alkanes) is 1. The van der Waals surface area contributed by atoms with Crippen LogP contribution in [-0.4, -0.2) is 42.6 Å². The van der Waals surface area contributed by atoms with E-state index in [0.29, 0.717) is 5.96 Å². The van der Waals surface area contributed by atoms with E-state index in [1.165, 1.54) is 38.9 Å². The number of rotatable bonds is 5. The van der Waals surface area contributed by atoms with Crippen LogP contribution in [0.25, 0.3) is 0 Å². The van der Waals surface area contributed by atoms with Gasteiger partial charge in [-0.3, -0.25) is 4.99 Å². The predicted molar refractivity (Wildman–Crippen MR) is 98.9 cm³/mol. The lowest BCUT2D eigenvalue weighted by Crippen LogP contribution is -2.45. The van der Waals surface area contributed by atoms with Crippen molar-refractivity contribution in [2.75, 3.05) is 26.2 Å². The molecule has 3 N–H and O–H groups in total. The van der Waals surface area contributed by atoms with Gasteiger partial charge < -0.3 is 16.0 Å². The lowest BCUT2D eigenvalue weighted by Gasteiger charge is -2.30. The maximum Gasteiger partial charge on any atom is 0.188 e. The van der Waals surface area contributed by atoms with Gasteiger partial charge in [0, 0.05) is 12.1 Å². The van der Waals surface area contributed by atoms with Crippen LogP contribution in [0.15, 0.2) is 4.99 Å². The number of likely N-dealkylation sites (tertiary alicyclic amines) is 1. The van der Waals surface area contributed by atoms with E-state index < -0.39 is 0 Å². The van der Waals surface area contributed by atoms with Crippen LogP contribution in [0.5, 0.6) is 0 Å². The normalized spacial score (nSPS) is 18.7. The third-order valence-corrected chi connectivity index (χ3v) is 3.54. The van der Waals surface area contributed by atoms with E-state index in [-0.39, 0.29) is 29.5 Å². The Morgan fingerprint density at radius 2 is 1.85 bits per heavy atom. The van der Waals surface area contributed by atoms with Crippen molar-refractivity contribution in [2.45, 2.75) is 58.9 Å². The van der Waals surface area contributed by atoms with Crippen molar-refractivity contribution < 1.29 is 0 Å². The molecule has 0 unspecified atom stereocenters.